The van der Waals surface area contributed by atoms with Crippen molar-refractivity contribution in [2.45, 2.75) is 31.9 Å². The van der Waals surface area contributed by atoms with Gasteiger partial charge in [-0.15, -0.1) is 0 Å². The highest BCUT2D eigenvalue weighted by Crippen LogP contribution is 2.17. The van der Waals surface area contributed by atoms with E-state index in [1.807, 2.05) is 31.2 Å². The lowest BCUT2D eigenvalue weighted by Gasteiger charge is -2.24. The van der Waals surface area contributed by atoms with Gasteiger partial charge in [0.15, 0.2) is 0 Å². The van der Waals surface area contributed by atoms with Crippen LogP contribution >= 0.6 is 0 Å². The maximum Gasteiger partial charge on any atom is 0.315 e. The minimum absolute atomic E-state index is 0.0450. The van der Waals surface area contributed by atoms with Crippen molar-refractivity contribution >= 4 is 6.03 Å². The molecule has 3 N–H and O–H groups in total. The van der Waals surface area contributed by atoms with Crippen LogP contribution in [0.1, 0.15) is 30.1 Å². The normalized spacial score (nSPS) is 16.8. The van der Waals surface area contributed by atoms with E-state index in [1.165, 1.54) is 5.56 Å². The zero-order valence-electron chi connectivity index (χ0n) is 13.6. The molecule has 1 heterocycles. The number of carbonyl (C=O) groups excluding carboxylic acids is 1. The summed E-state index contributed by atoms with van der Waals surface area (Å²) in [6.45, 7) is 3.95. The Bertz CT molecular complexity index is 472. The number of rotatable bonds is 7. The van der Waals surface area contributed by atoms with Gasteiger partial charge in [-0.1, -0.05) is 29.8 Å². The van der Waals surface area contributed by atoms with Gasteiger partial charge in [-0.2, -0.15) is 0 Å². The average Bonchev–Trinajstić information content (AvgIpc) is 2.57. The van der Waals surface area contributed by atoms with E-state index in [9.17, 15) is 4.79 Å². The molecule has 1 saturated heterocycles. The lowest BCUT2D eigenvalue weighted by molar-refractivity contribution is 0.0292. The molecule has 0 unspecified atom stereocenters. The van der Waals surface area contributed by atoms with Gasteiger partial charge in [-0.05, 0) is 25.3 Å². The molecule has 0 spiro atoms. The topological polar surface area (TPSA) is 79.8 Å². The van der Waals surface area contributed by atoms with Crippen molar-refractivity contribution in [1.82, 2.24) is 10.6 Å². The summed E-state index contributed by atoms with van der Waals surface area (Å²) >= 11 is 0. The van der Waals surface area contributed by atoms with Crippen LogP contribution in [-0.4, -0.2) is 50.2 Å². The smallest absolute Gasteiger partial charge is 0.315 e. The molecule has 0 bridgehead atoms. The van der Waals surface area contributed by atoms with Crippen molar-refractivity contribution in [3.8, 4) is 0 Å². The number of carbonyl (C=O) groups is 1. The molecule has 2 rings (SSSR count). The number of aryl methyl sites for hydroxylation is 1. The lowest BCUT2D eigenvalue weighted by atomic mass is 10.1. The molecule has 1 aromatic carbocycles. The molecule has 1 atom stereocenters. The number of nitrogens with one attached hydrogen (secondary N) is 2. The van der Waals surface area contributed by atoms with E-state index >= 15 is 0 Å². The highest BCUT2D eigenvalue weighted by Gasteiger charge is 2.17. The van der Waals surface area contributed by atoms with E-state index in [2.05, 4.69) is 10.6 Å². The number of hydrogen-bond donors (Lipinski definition) is 3. The summed E-state index contributed by atoms with van der Waals surface area (Å²) in [6.07, 6.45) is 1.41. The summed E-state index contributed by atoms with van der Waals surface area (Å²) in [6, 6.07) is 7.95. The standard InChI is InChI=1S/C17H26N2O4/c1-13-2-4-14(5-3-13)16(23-11-8-20)12-18-17(21)19-15-6-9-22-10-7-15/h2-5,15-16,20H,6-12H2,1H3,(H2,18,19,21)/t16-/m1/s1. The highest BCUT2D eigenvalue weighted by atomic mass is 16.5. The average molecular weight is 322 g/mol. The molecule has 6 heteroatoms. The second-order valence-electron chi connectivity index (χ2n) is 5.73. The second kappa shape index (κ2) is 9.50. The second-order valence-corrected chi connectivity index (χ2v) is 5.73. The van der Waals surface area contributed by atoms with E-state index < -0.39 is 0 Å². The Morgan fingerprint density at radius 3 is 2.70 bits per heavy atom. The third-order valence-electron chi connectivity index (χ3n) is 3.86. The van der Waals surface area contributed by atoms with Crippen LogP contribution in [-0.2, 0) is 9.47 Å². The van der Waals surface area contributed by atoms with Gasteiger partial charge in [0.1, 0.15) is 0 Å². The largest absolute Gasteiger partial charge is 0.394 e. The zero-order valence-corrected chi connectivity index (χ0v) is 13.6. The molecule has 0 aliphatic carbocycles. The van der Waals surface area contributed by atoms with Gasteiger partial charge >= 0.3 is 6.03 Å². The zero-order chi connectivity index (χ0) is 16.5. The Hall–Kier alpha value is -1.63. The monoisotopic (exact) mass is 322 g/mol. The van der Waals surface area contributed by atoms with Crippen LogP contribution in [0.3, 0.4) is 0 Å². The number of benzene rings is 1. The van der Waals surface area contributed by atoms with Gasteiger partial charge in [0, 0.05) is 25.8 Å². The van der Waals surface area contributed by atoms with Crippen LogP contribution in [0.15, 0.2) is 24.3 Å². The molecule has 2 amide bonds. The summed E-state index contributed by atoms with van der Waals surface area (Å²) in [5.74, 6) is 0. The molecule has 23 heavy (non-hydrogen) atoms. The minimum Gasteiger partial charge on any atom is -0.394 e. The first-order chi connectivity index (χ1) is 11.2. The van der Waals surface area contributed by atoms with Crippen LogP contribution in [0.5, 0.6) is 0 Å². The van der Waals surface area contributed by atoms with Crippen molar-refractivity contribution < 1.29 is 19.4 Å². The quantitative estimate of drug-likeness (QED) is 0.711. The third kappa shape index (κ3) is 6.17. The molecular weight excluding hydrogens is 296 g/mol. The number of aliphatic hydroxyl groups excluding tert-OH is 1. The first-order valence-corrected chi connectivity index (χ1v) is 8.10. The highest BCUT2D eigenvalue weighted by molar-refractivity contribution is 5.74. The van der Waals surface area contributed by atoms with Gasteiger partial charge in [0.25, 0.3) is 0 Å². The summed E-state index contributed by atoms with van der Waals surface area (Å²) in [7, 11) is 0. The fourth-order valence-corrected chi connectivity index (χ4v) is 2.51. The van der Waals surface area contributed by atoms with Crippen LogP contribution in [0.2, 0.25) is 0 Å². The maximum absolute atomic E-state index is 12.0. The predicted molar refractivity (Wildman–Crippen MR) is 87.3 cm³/mol. The van der Waals surface area contributed by atoms with Gasteiger partial charge < -0.3 is 25.2 Å². The SMILES string of the molecule is Cc1ccc([C@@H](CNC(=O)NC2CCOCC2)OCCO)cc1. The molecule has 1 aliphatic heterocycles. The van der Waals surface area contributed by atoms with Crippen molar-refractivity contribution in [1.29, 1.82) is 0 Å². The molecule has 1 aromatic rings. The molecule has 1 fully saturated rings. The van der Waals surface area contributed by atoms with Gasteiger partial charge in [-0.25, -0.2) is 4.79 Å². The molecule has 6 nitrogen and oxygen atoms in total. The van der Waals surface area contributed by atoms with E-state index in [4.69, 9.17) is 14.6 Å². The number of ether oxygens (including phenoxy) is 2. The summed E-state index contributed by atoms with van der Waals surface area (Å²) in [5, 5.41) is 14.8. The van der Waals surface area contributed by atoms with E-state index in [-0.39, 0.29) is 31.4 Å². The Kier molecular flexibility index (Phi) is 7.32. The minimum atomic E-state index is -0.275. The Morgan fingerprint density at radius 2 is 2.04 bits per heavy atom. The van der Waals surface area contributed by atoms with Crippen molar-refractivity contribution in [3.05, 3.63) is 35.4 Å². The summed E-state index contributed by atoms with van der Waals surface area (Å²) < 4.78 is 10.9. The summed E-state index contributed by atoms with van der Waals surface area (Å²) in [5.41, 5.74) is 2.15. The Labute approximate surface area is 137 Å². The van der Waals surface area contributed by atoms with E-state index in [0.29, 0.717) is 19.8 Å². The van der Waals surface area contributed by atoms with E-state index in [1.54, 1.807) is 0 Å². The van der Waals surface area contributed by atoms with Crippen molar-refractivity contribution in [3.63, 3.8) is 0 Å². The van der Waals surface area contributed by atoms with E-state index in [0.717, 1.165) is 18.4 Å². The molecule has 0 aromatic heterocycles. The first-order valence-electron chi connectivity index (χ1n) is 8.10. The number of urea groups is 1. The molecule has 1 aliphatic rings. The van der Waals surface area contributed by atoms with Gasteiger partial charge in [0.05, 0.1) is 19.3 Å². The van der Waals surface area contributed by atoms with Crippen molar-refractivity contribution in [2.75, 3.05) is 33.0 Å². The third-order valence-corrected chi connectivity index (χ3v) is 3.86. The van der Waals surface area contributed by atoms with Crippen LogP contribution < -0.4 is 10.6 Å². The molecule has 128 valence electrons. The lowest BCUT2D eigenvalue weighted by Crippen LogP contribution is -2.45. The fourth-order valence-electron chi connectivity index (χ4n) is 2.51. The molecular formula is C17H26N2O4. The fraction of sp³-hybridized carbons (Fsp3) is 0.588. The van der Waals surface area contributed by atoms with Crippen molar-refractivity contribution in [2.24, 2.45) is 0 Å². The van der Waals surface area contributed by atoms with Crippen LogP contribution in [0.4, 0.5) is 4.79 Å². The number of aliphatic hydroxyl groups is 1. The predicted octanol–water partition coefficient (Wildman–Crippen LogP) is 1.52. The molecule has 0 saturated carbocycles. The number of hydrogen-bond acceptors (Lipinski definition) is 4. The van der Waals surface area contributed by atoms with Gasteiger partial charge in [0.2, 0.25) is 0 Å². The van der Waals surface area contributed by atoms with Crippen LogP contribution in [0, 0.1) is 6.92 Å². The number of amides is 2. The summed E-state index contributed by atoms with van der Waals surface area (Å²) in [4.78, 5) is 12.0. The maximum atomic E-state index is 12.0. The van der Waals surface area contributed by atoms with Gasteiger partial charge in [-0.3, -0.25) is 0 Å². The molecule has 0 radical (unpaired) electrons. The van der Waals surface area contributed by atoms with Crippen LogP contribution in [0.25, 0.3) is 0 Å². The first kappa shape index (κ1) is 17.7. The Balaban J connectivity index is 1.84. The Morgan fingerprint density at radius 1 is 1.35 bits per heavy atom.